The molecule has 0 bridgehead atoms. The summed E-state index contributed by atoms with van der Waals surface area (Å²) in [7, 11) is 0. The van der Waals surface area contributed by atoms with Crippen LogP contribution in [-0.2, 0) is 11.0 Å². The van der Waals surface area contributed by atoms with E-state index in [4.69, 9.17) is 21.7 Å². The molecule has 0 atom stereocenters. The number of rotatable bonds is 7. The number of carbonyl (C=O) groups excluding carboxylic acids is 1. The topological polar surface area (TPSA) is 38.8 Å². The maximum atomic E-state index is 13.0. The third-order valence-corrected chi connectivity index (χ3v) is 5.45. The highest BCUT2D eigenvalue weighted by atomic mass is 32.2. The van der Waals surface area contributed by atoms with Crippen LogP contribution in [-0.4, -0.2) is 23.4 Å². The predicted octanol–water partition coefficient (Wildman–Crippen LogP) is 6.07. The number of thioether (sulfide) groups is 1. The summed E-state index contributed by atoms with van der Waals surface area (Å²) in [5, 5.41) is 0. The van der Waals surface area contributed by atoms with E-state index in [1.807, 2.05) is 6.92 Å². The molecule has 9 heteroatoms. The van der Waals surface area contributed by atoms with E-state index in [-0.39, 0.29) is 10.0 Å². The second-order valence-corrected chi connectivity index (χ2v) is 7.98. The Kier molecular flexibility index (Phi) is 7.07. The quantitative estimate of drug-likeness (QED) is 0.282. The number of anilines is 1. The Labute approximate surface area is 187 Å². The molecule has 1 aliphatic rings. The average Bonchev–Trinajstić information content (AvgIpc) is 3.00. The van der Waals surface area contributed by atoms with Gasteiger partial charge in [0.2, 0.25) is 0 Å². The first-order chi connectivity index (χ1) is 14.7. The summed E-state index contributed by atoms with van der Waals surface area (Å²) < 4.78 is 50.4. The van der Waals surface area contributed by atoms with Crippen molar-refractivity contribution in [2.24, 2.45) is 0 Å². The van der Waals surface area contributed by atoms with Gasteiger partial charge in [0.25, 0.3) is 5.91 Å². The Balaban J connectivity index is 1.90. The molecule has 162 valence electrons. The van der Waals surface area contributed by atoms with Crippen LogP contribution in [0.4, 0.5) is 18.9 Å². The van der Waals surface area contributed by atoms with Gasteiger partial charge in [0.1, 0.15) is 6.61 Å². The van der Waals surface area contributed by atoms with Crippen molar-refractivity contribution in [3.63, 3.8) is 0 Å². The minimum Gasteiger partial charge on any atom is -0.490 e. The first-order valence-corrected chi connectivity index (χ1v) is 10.4. The lowest BCUT2D eigenvalue weighted by Crippen LogP contribution is -2.27. The minimum absolute atomic E-state index is 0.0731. The average molecular weight is 466 g/mol. The van der Waals surface area contributed by atoms with E-state index in [0.29, 0.717) is 35.2 Å². The minimum atomic E-state index is -4.52. The van der Waals surface area contributed by atoms with Crippen LogP contribution in [0.1, 0.15) is 18.1 Å². The molecule has 0 radical (unpaired) electrons. The van der Waals surface area contributed by atoms with Gasteiger partial charge in [-0.3, -0.25) is 9.69 Å². The summed E-state index contributed by atoms with van der Waals surface area (Å²) >= 11 is 6.28. The van der Waals surface area contributed by atoms with Crippen LogP contribution in [0.5, 0.6) is 11.5 Å². The fourth-order valence-corrected chi connectivity index (χ4v) is 4.11. The maximum Gasteiger partial charge on any atom is 0.416 e. The van der Waals surface area contributed by atoms with Gasteiger partial charge in [-0.2, -0.15) is 13.2 Å². The highest BCUT2D eigenvalue weighted by Gasteiger charge is 2.36. The molecule has 0 N–H and O–H groups in total. The van der Waals surface area contributed by atoms with Crippen LogP contribution in [0.2, 0.25) is 0 Å². The van der Waals surface area contributed by atoms with Crippen molar-refractivity contribution in [2.75, 3.05) is 18.1 Å². The summed E-state index contributed by atoms with van der Waals surface area (Å²) in [4.78, 5) is 14.3. The Morgan fingerprint density at radius 1 is 1.16 bits per heavy atom. The van der Waals surface area contributed by atoms with E-state index in [9.17, 15) is 18.0 Å². The number of hydrogen-bond donors (Lipinski definition) is 0. The monoisotopic (exact) mass is 465 g/mol. The molecular formula is C22H18F3NO3S2. The summed E-state index contributed by atoms with van der Waals surface area (Å²) in [6.45, 7) is 6.18. The molecule has 3 rings (SSSR count). The van der Waals surface area contributed by atoms with Crippen molar-refractivity contribution in [1.29, 1.82) is 0 Å². The lowest BCUT2D eigenvalue weighted by atomic mass is 10.1. The molecule has 1 aliphatic heterocycles. The van der Waals surface area contributed by atoms with Crippen molar-refractivity contribution in [2.45, 2.75) is 13.1 Å². The van der Waals surface area contributed by atoms with E-state index in [0.717, 1.165) is 28.8 Å². The lowest BCUT2D eigenvalue weighted by molar-refractivity contribution is -0.137. The van der Waals surface area contributed by atoms with Gasteiger partial charge in [0, 0.05) is 0 Å². The molecule has 0 aromatic heterocycles. The first kappa shape index (κ1) is 22.9. The zero-order chi connectivity index (χ0) is 22.6. The van der Waals surface area contributed by atoms with Gasteiger partial charge in [-0.15, -0.1) is 0 Å². The molecule has 4 nitrogen and oxygen atoms in total. The van der Waals surface area contributed by atoms with E-state index < -0.39 is 17.6 Å². The van der Waals surface area contributed by atoms with Gasteiger partial charge in [-0.25, -0.2) is 0 Å². The van der Waals surface area contributed by atoms with Crippen LogP contribution in [0.3, 0.4) is 0 Å². The SMILES string of the molecule is C=CCOc1ccc(/C=C2\SC(=S)N(c3cccc(C(F)(F)F)c3)C2=O)cc1OCC. The molecule has 2 aromatic rings. The third-order valence-electron chi connectivity index (χ3n) is 4.15. The predicted molar refractivity (Wildman–Crippen MR) is 120 cm³/mol. The highest BCUT2D eigenvalue weighted by Crippen LogP contribution is 2.39. The number of thiocarbonyl (C=S) groups is 1. The number of nitrogens with zero attached hydrogens (tertiary/aromatic N) is 1. The zero-order valence-corrected chi connectivity index (χ0v) is 18.1. The second-order valence-electron chi connectivity index (χ2n) is 6.30. The molecule has 0 saturated carbocycles. The van der Waals surface area contributed by atoms with Crippen LogP contribution < -0.4 is 14.4 Å². The van der Waals surface area contributed by atoms with Gasteiger partial charge < -0.3 is 9.47 Å². The third kappa shape index (κ3) is 5.29. The van der Waals surface area contributed by atoms with Gasteiger partial charge in [-0.05, 0) is 48.9 Å². The normalized spacial score (nSPS) is 15.5. The number of benzene rings is 2. The molecule has 1 saturated heterocycles. The Hall–Kier alpha value is -2.78. The molecule has 1 amide bonds. The summed E-state index contributed by atoms with van der Waals surface area (Å²) in [5.41, 5.74) is -0.109. The van der Waals surface area contributed by atoms with E-state index in [1.165, 1.54) is 12.1 Å². The fraction of sp³-hybridized carbons (Fsp3) is 0.182. The lowest BCUT2D eigenvalue weighted by Gasteiger charge is -2.16. The molecular weight excluding hydrogens is 447 g/mol. The molecule has 0 unspecified atom stereocenters. The largest absolute Gasteiger partial charge is 0.490 e. The smallest absolute Gasteiger partial charge is 0.416 e. The maximum absolute atomic E-state index is 13.0. The number of ether oxygens (including phenoxy) is 2. The van der Waals surface area contributed by atoms with Crippen molar-refractivity contribution < 1.29 is 27.4 Å². The highest BCUT2D eigenvalue weighted by molar-refractivity contribution is 8.27. The standard InChI is InChI=1S/C22H18F3NO3S2/c1-3-10-29-17-9-8-14(11-18(17)28-4-2)12-19-20(27)26(21(30)31-19)16-7-5-6-15(13-16)22(23,24)25/h3,5-9,11-13H,1,4,10H2,2H3/b19-12-. The second kappa shape index (κ2) is 9.57. The Morgan fingerprint density at radius 2 is 1.94 bits per heavy atom. The summed E-state index contributed by atoms with van der Waals surface area (Å²) in [5.74, 6) is 0.557. The number of alkyl halides is 3. The number of amides is 1. The van der Waals surface area contributed by atoms with E-state index in [2.05, 4.69) is 6.58 Å². The summed E-state index contributed by atoms with van der Waals surface area (Å²) in [6, 6.07) is 9.71. The molecule has 31 heavy (non-hydrogen) atoms. The van der Waals surface area contributed by atoms with Gasteiger partial charge in [0.15, 0.2) is 15.8 Å². The van der Waals surface area contributed by atoms with Crippen molar-refractivity contribution in [1.82, 2.24) is 0 Å². The van der Waals surface area contributed by atoms with Crippen molar-refractivity contribution in [3.8, 4) is 11.5 Å². The van der Waals surface area contributed by atoms with Gasteiger partial charge in [0.05, 0.1) is 22.8 Å². The van der Waals surface area contributed by atoms with Gasteiger partial charge >= 0.3 is 6.18 Å². The van der Waals surface area contributed by atoms with Crippen LogP contribution in [0.15, 0.2) is 60.0 Å². The van der Waals surface area contributed by atoms with Crippen LogP contribution in [0.25, 0.3) is 6.08 Å². The molecule has 1 heterocycles. The van der Waals surface area contributed by atoms with Gasteiger partial charge in [-0.1, -0.05) is 48.8 Å². The molecule has 0 spiro atoms. The van der Waals surface area contributed by atoms with Crippen molar-refractivity contribution >= 4 is 46.0 Å². The first-order valence-electron chi connectivity index (χ1n) is 9.20. The van der Waals surface area contributed by atoms with Crippen LogP contribution >= 0.6 is 24.0 Å². The van der Waals surface area contributed by atoms with Crippen LogP contribution in [0, 0.1) is 0 Å². The number of hydrogen-bond acceptors (Lipinski definition) is 5. The van der Waals surface area contributed by atoms with E-state index in [1.54, 1.807) is 30.4 Å². The Morgan fingerprint density at radius 3 is 2.61 bits per heavy atom. The zero-order valence-electron chi connectivity index (χ0n) is 16.4. The fourth-order valence-electron chi connectivity index (χ4n) is 2.81. The molecule has 2 aromatic carbocycles. The molecule has 0 aliphatic carbocycles. The van der Waals surface area contributed by atoms with E-state index >= 15 is 0 Å². The van der Waals surface area contributed by atoms with Crippen molar-refractivity contribution in [3.05, 3.63) is 71.2 Å². The summed E-state index contributed by atoms with van der Waals surface area (Å²) in [6.07, 6.45) is -1.28. The number of carbonyl (C=O) groups is 1. The molecule has 1 fully saturated rings. The number of halogens is 3. The Bertz CT molecular complexity index is 1050.